The third-order valence-corrected chi connectivity index (χ3v) is 3.48. The smallest absolute Gasteiger partial charge is 0.272 e. The fourth-order valence-corrected chi connectivity index (χ4v) is 2.27. The molecule has 1 aromatic carbocycles. The summed E-state index contributed by atoms with van der Waals surface area (Å²) in [6, 6.07) is 9.52. The van der Waals surface area contributed by atoms with Crippen LogP contribution in [0, 0.1) is 0 Å². The molecule has 1 fully saturated rings. The molecule has 1 aliphatic heterocycles. The SMILES string of the molecule is CCCON1CCC(CO)(c2ccccc2)OCC1=O. The van der Waals surface area contributed by atoms with Crippen molar-refractivity contribution in [3.05, 3.63) is 35.9 Å². The number of ether oxygens (including phenoxy) is 1. The summed E-state index contributed by atoms with van der Waals surface area (Å²) >= 11 is 0. The Morgan fingerprint density at radius 2 is 2.15 bits per heavy atom. The molecule has 2 rings (SSSR count). The maximum Gasteiger partial charge on any atom is 0.272 e. The van der Waals surface area contributed by atoms with Gasteiger partial charge < -0.3 is 9.84 Å². The van der Waals surface area contributed by atoms with Crippen molar-refractivity contribution in [2.75, 3.05) is 26.4 Å². The number of hydroxylamine groups is 2. The van der Waals surface area contributed by atoms with E-state index in [0.29, 0.717) is 19.6 Å². The molecule has 1 unspecified atom stereocenters. The van der Waals surface area contributed by atoms with Gasteiger partial charge in [-0.05, 0) is 12.0 Å². The molecule has 1 aliphatic rings. The Kier molecular flexibility index (Phi) is 5.11. The van der Waals surface area contributed by atoms with Gasteiger partial charge in [0.1, 0.15) is 12.2 Å². The van der Waals surface area contributed by atoms with Crippen molar-refractivity contribution in [2.24, 2.45) is 0 Å². The first-order valence-corrected chi connectivity index (χ1v) is 6.95. The summed E-state index contributed by atoms with van der Waals surface area (Å²) in [5, 5.41) is 11.1. The zero-order valence-electron chi connectivity index (χ0n) is 11.7. The second kappa shape index (κ2) is 6.83. The van der Waals surface area contributed by atoms with Crippen molar-refractivity contribution >= 4 is 5.91 Å². The van der Waals surface area contributed by atoms with Gasteiger partial charge in [-0.2, -0.15) is 0 Å². The molecule has 0 spiro atoms. The molecule has 5 heteroatoms. The lowest BCUT2D eigenvalue weighted by molar-refractivity contribution is -0.186. The predicted octanol–water partition coefficient (Wildman–Crippen LogP) is 1.46. The number of carbonyl (C=O) groups is 1. The van der Waals surface area contributed by atoms with Crippen LogP contribution in [-0.2, 0) is 20.0 Å². The molecule has 1 atom stereocenters. The largest absolute Gasteiger partial charge is 0.393 e. The van der Waals surface area contributed by atoms with Crippen LogP contribution in [0.4, 0.5) is 0 Å². The van der Waals surface area contributed by atoms with E-state index in [1.54, 1.807) is 0 Å². The summed E-state index contributed by atoms with van der Waals surface area (Å²) in [5.74, 6) is -0.204. The highest BCUT2D eigenvalue weighted by molar-refractivity contribution is 5.76. The highest BCUT2D eigenvalue weighted by atomic mass is 16.7. The molecule has 0 aromatic heterocycles. The van der Waals surface area contributed by atoms with Crippen LogP contribution in [-0.4, -0.2) is 42.4 Å². The number of rotatable bonds is 5. The quantitative estimate of drug-likeness (QED) is 0.886. The molecule has 1 aromatic rings. The van der Waals surface area contributed by atoms with E-state index in [0.717, 1.165) is 12.0 Å². The van der Waals surface area contributed by atoms with Crippen LogP contribution in [0.3, 0.4) is 0 Å². The van der Waals surface area contributed by atoms with Gasteiger partial charge in [0.25, 0.3) is 5.91 Å². The molecule has 110 valence electrons. The number of aliphatic hydroxyl groups is 1. The molecule has 0 bridgehead atoms. The summed E-state index contributed by atoms with van der Waals surface area (Å²) < 4.78 is 5.73. The molecule has 1 heterocycles. The average molecular weight is 279 g/mol. The maximum absolute atomic E-state index is 11.9. The molecule has 1 saturated heterocycles. The number of hydrogen-bond acceptors (Lipinski definition) is 4. The van der Waals surface area contributed by atoms with E-state index in [4.69, 9.17) is 9.57 Å². The number of benzene rings is 1. The summed E-state index contributed by atoms with van der Waals surface area (Å²) in [5.41, 5.74) is 0.0500. The Bertz CT molecular complexity index is 437. The van der Waals surface area contributed by atoms with E-state index in [-0.39, 0.29) is 19.1 Å². The zero-order valence-corrected chi connectivity index (χ0v) is 11.7. The van der Waals surface area contributed by atoms with Crippen LogP contribution in [0.5, 0.6) is 0 Å². The minimum atomic E-state index is -0.832. The lowest BCUT2D eigenvalue weighted by Gasteiger charge is -2.30. The molecule has 1 N–H and O–H groups in total. The van der Waals surface area contributed by atoms with Gasteiger partial charge in [-0.15, -0.1) is 0 Å². The van der Waals surface area contributed by atoms with Crippen LogP contribution in [0.15, 0.2) is 30.3 Å². The Balaban J connectivity index is 2.15. The van der Waals surface area contributed by atoms with Crippen molar-refractivity contribution in [3.63, 3.8) is 0 Å². The summed E-state index contributed by atoms with van der Waals surface area (Å²) in [6.45, 7) is 2.66. The summed E-state index contributed by atoms with van der Waals surface area (Å²) in [7, 11) is 0. The summed E-state index contributed by atoms with van der Waals surface area (Å²) in [6.07, 6.45) is 1.34. The minimum absolute atomic E-state index is 0.0842. The minimum Gasteiger partial charge on any atom is -0.393 e. The van der Waals surface area contributed by atoms with Gasteiger partial charge in [0.2, 0.25) is 0 Å². The van der Waals surface area contributed by atoms with Gasteiger partial charge in [-0.3, -0.25) is 9.63 Å². The average Bonchev–Trinajstić information content (AvgIpc) is 2.66. The highest BCUT2D eigenvalue weighted by Crippen LogP contribution is 2.31. The van der Waals surface area contributed by atoms with Crippen molar-refractivity contribution in [1.29, 1.82) is 0 Å². The van der Waals surface area contributed by atoms with E-state index in [2.05, 4.69) is 0 Å². The van der Waals surface area contributed by atoms with Crippen LogP contribution in [0.25, 0.3) is 0 Å². The first kappa shape index (κ1) is 15.0. The van der Waals surface area contributed by atoms with E-state index in [1.807, 2.05) is 37.3 Å². The number of amides is 1. The second-order valence-corrected chi connectivity index (χ2v) is 4.89. The van der Waals surface area contributed by atoms with E-state index < -0.39 is 5.60 Å². The molecular formula is C15H21NO4. The Morgan fingerprint density at radius 3 is 2.80 bits per heavy atom. The number of carbonyl (C=O) groups excluding carboxylic acids is 1. The third kappa shape index (κ3) is 3.17. The van der Waals surface area contributed by atoms with Gasteiger partial charge >= 0.3 is 0 Å². The van der Waals surface area contributed by atoms with E-state index in [1.165, 1.54) is 5.06 Å². The maximum atomic E-state index is 11.9. The van der Waals surface area contributed by atoms with Gasteiger partial charge in [-0.25, -0.2) is 5.06 Å². The van der Waals surface area contributed by atoms with Gasteiger partial charge in [0.15, 0.2) is 0 Å². The van der Waals surface area contributed by atoms with Crippen molar-refractivity contribution in [3.8, 4) is 0 Å². The Morgan fingerprint density at radius 1 is 1.40 bits per heavy atom. The van der Waals surface area contributed by atoms with Gasteiger partial charge in [-0.1, -0.05) is 37.3 Å². The van der Waals surface area contributed by atoms with Gasteiger partial charge in [0.05, 0.1) is 19.8 Å². The highest BCUT2D eigenvalue weighted by Gasteiger charge is 2.37. The van der Waals surface area contributed by atoms with Gasteiger partial charge in [0, 0.05) is 6.42 Å². The first-order valence-electron chi connectivity index (χ1n) is 6.95. The van der Waals surface area contributed by atoms with Crippen molar-refractivity contribution < 1.29 is 19.5 Å². The molecule has 20 heavy (non-hydrogen) atoms. The molecule has 0 radical (unpaired) electrons. The van der Waals surface area contributed by atoms with Crippen LogP contribution < -0.4 is 0 Å². The number of aliphatic hydroxyl groups excluding tert-OH is 1. The second-order valence-electron chi connectivity index (χ2n) is 4.89. The van der Waals surface area contributed by atoms with Crippen LogP contribution in [0.1, 0.15) is 25.3 Å². The number of nitrogens with zero attached hydrogens (tertiary/aromatic N) is 1. The van der Waals surface area contributed by atoms with E-state index >= 15 is 0 Å². The fourth-order valence-electron chi connectivity index (χ4n) is 2.27. The predicted molar refractivity (Wildman–Crippen MR) is 73.7 cm³/mol. The summed E-state index contributed by atoms with van der Waals surface area (Å²) in [4.78, 5) is 17.4. The van der Waals surface area contributed by atoms with Crippen LogP contribution in [0.2, 0.25) is 0 Å². The first-order chi connectivity index (χ1) is 9.72. The molecular weight excluding hydrogens is 258 g/mol. The molecule has 1 amide bonds. The lowest BCUT2D eigenvalue weighted by atomic mass is 9.91. The lowest BCUT2D eigenvalue weighted by Crippen LogP contribution is -2.34. The Labute approximate surface area is 119 Å². The van der Waals surface area contributed by atoms with Crippen LogP contribution >= 0.6 is 0 Å². The Hall–Kier alpha value is -1.43. The topological polar surface area (TPSA) is 59.0 Å². The van der Waals surface area contributed by atoms with Crippen molar-refractivity contribution in [2.45, 2.75) is 25.4 Å². The monoisotopic (exact) mass is 279 g/mol. The normalized spacial score (nSPS) is 23.7. The fraction of sp³-hybridized carbons (Fsp3) is 0.533. The van der Waals surface area contributed by atoms with E-state index in [9.17, 15) is 9.90 Å². The standard InChI is InChI=1S/C15H21NO4/c1-2-10-20-16-9-8-15(12-17,19-11-14(16)18)13-6-4-3-5-7-13/h3-7,17H,2,8-12H2,1H3. The zero-order chi connectivity index (χ0) is 14.4. The number of hydrogen-bond donors (Lipinski definition) is 1. The molecule has 0 aliphatic carbocycles. The third-order valence-electron chi connectivity index (χ3n) is 3.48. The molecule has 0 saturated carbocycles. The molecule has 5 nitrogen and oxygen atoms in total. The van der Waals surface area contributed by atoms with Crippen molar-refractivity contribution in [1.82, 2.24) is 5.06 Å².